The van der Waals surface area contributed by atoms with Crippen molar-refractivity contribution in [3.63, 3.8) is 0 Å². The Kier molecular flexibility index (Phi) is 2.68. The third-order valence-corrected chi connectivity index (χ3v) is 3.56. The van der Waals surface area contributed by atoms with Crippen molar-refractivity contribution in [1.29, 1.82) is 0 Å². The van der Waals surface area contributed by atoms with Gasteiger partial charge in [0.2, 0.25) is 0 Å². The van der Waals surface area contributed by atoms with E-state index < -0.39 is 5.97 Å². The Hall–Kier alpha value is -1.06. The predicted molar refractivity (Wildman–Crippen MR) is 63.3 cm³/mol. The fraction of sp³-hybridized carbons (Fsp3) is 0.417. The van der Waals surface area contributed by atoms with Crippen LogP contribution in [0.1, 0.15) is 34.3 Å². The maximum atomic E-state index is 10.9. The van der Waals surface area contributed by atoms with Gasteiger partial charge in [-0.1, -0.05) is 6.07 Å². The maximum absolute atomic E-state index is 10.9. The van der Waals surface area contributed by atoms with Crippen LogP contribution in [-0.4, -0.2) is 17.6 Å². The van der Waals surface area contributed by atoms with Crippen LogP contribution in [-0.2, 0) is 12.0 Å². The van der Waals surface area contributed by atoms with Crippen molar-refractivity contribution in [3.05, 3.63) is 34.9 Å². The lowest BCUT2D eigenvalue weighted by molar-refractivity contribution is 0.0696. The highest BCUT2D eigenvalue weighted by Gasteiger charge is 2.46. The van der Waals surface area contributed by atoms with Gasteiger partial charge in [0.1, 0.15) is 0 Å². The van der Waals surface area contributed by atoms with Gasteiger partial charge in [-0.25, -0.2) is 4.79 Å². The number of carboxylic acid groups (broad SMARTS) is 1. The molecule has 1 spiro atoms. The van der Waals surface area contributed by atoms with Gasteiger partial charge in [-0.2, -0.15) is 0 Å². The molecular weight excluding hydrogens is 226 g/mol. The number of hydrogen-bond acceptors (Lipinski definition) is 2. The van der Waals surface area contributed by atoms with Crippen LogP contribution >= 0.6 is 12.4 Å². The Bertz CT molecular complexity index is 441. The Morgan fingerprint density at radius 2 is 2.12 bits per heavy atom. The molecule has 1 aromatic rings. The first kappa shape index (κ1) is 11.4. The number of carboxylic acids is 1. The van der Waals surface area contributed by atoms with Crippen LogP contribution in [0.4, 0.5) is 0 Å². The average molecular weight is 240 g/mol. The van der Waals surface area contributed by atoms with E-state index in [1.807, 2.05) is 12.1 Å². The van der Waals surface area contributed by atoms with E-state index >= 15 is 0 Å². The zero-order valence-electron chi connectivity index (χ0n) is 8.82. The zero-order valence-corrected chi connectivity index (χ0v) is 9.64. The molecule has 0 aromatic heterocycles. The molecule has 1 heterocycles. The quantitative estimate of drug-likeness (QED) is 0.788. The van der Waals surface area contributed by atoms with Crippen LogP contribution in [0.3, 0.4) is 0 Å². The molecule has 0 unspecified atom stereocenters. The summed E-state index contributed by atoms with van der Waals surface area (Å²) >= 11 is 0. The molecule has 3 nitrogen and oxygen atoms in total. The SMILES string of the molecule is Cl.O=C(O)c1ccc2c(c1)C1(CC1)CNC2. The molecule has 16 heavy (non-hydrogen) atoms. The first-order valence-corrected chi connectivity index (χ1v) is 5.29. The fourth-order valence-electron chi connectivity index (χ4n) is 2.49. The van der Waals surface area contributed by atoms with Crippen molar-refractivity contribution < 1.29 is 9.90 Å². The molecule has 2 N–H and O–H groups in total. The second-order valence-electron chi connectivity index (χ2n) is 4.56. The van der Waals surface area contributed by atoms with Crippen molar-refractivity contribution in [2.45, 2.75) is 24.8 Å². The summed E-state index contributed by atoms with van der Waals surface area (Å²) in [6, 6.07) is 5.51. The molecule has 0 bridgehead atoms. The minimum Gasteiger partial charge on any atom is -0.478 e. The summed E-state index contributed by atoms with van der Waals surface area (Å²) in [5, 5.41) is 12.4. The van der Waals surface area contributed by atoms with E-state index in [4.69, 9.17) is 5.11 Å². The fourth-order valence-corrected chi connectivity index (χ4v) is 2.49. The predicted octanol–water partition coefficient (Wildman–Crippen LogP) is 1.94. The van der Waals surface area contributed by atoms with Crippen LogP contribution in [0.2, 0.25) is 0 Å². The number of fused-ring (bicyclic) bond motifs is 2. The van der Waals surface area contributed by atoms with Gasteiger partial charge in [0.15, 0.2) is 0 Å². The number of hydrogen-bond donors (Lipinski definition) is 2. The van der Waals surface area contributed by atoms with Gasteiger partial charge >= 0.3 is 5.97 Å². The highest BCUT2D eigenvalue weighted by molar-refractivity contribution is 5.88. The third kappa shape index (κ3) is 1.60. The molecule has 1 aliphatic heterocycles. The van der Waals surface area contributed by atoms with Gasteiger partial charge in [-0.15, -0.1) is 12.4 Å². The highest BCUT2D eigenvalue weighted by Crippen LogP contribution is 2.50. The standard InChI is InChI=1S/C12H13NO2.ClH/c14-11(15)8-1-2-9-6-13-7-12(3-4-12)10(9)5-8;/h1-2,5,13H,3-4,6-7H2,(H,14,15);1H. The van der Waals surface area contributed by atoms with Crippen LogP contribution in [0.15, 0.2) is 18.2 Å². The molecule has 1 aliphatic carbocycles. The molecule has 0 radical (unpaired) electrons. The van der Waals surface area contributed by atoms with Crippen LogP contribution in [0.25, 0.3) is 0 Å². The second-order valence-corrected chi connectivity index (χ2v) is 4.56. The van der Waals surface area contributed by atoms with Gasteiger partial charge in [0.05, 0.1) is 5.56 Å². The molecule has 3 rings (SSSR count). The minimum absolute atomic E-state index is 0. The van der Waals surface area contributed by atoms with E-state index in [0.717, 1.165) is 13.1 Å². The number of nitrogens with one attached hydrogen (secondary N) is 1. The lowest BCUT2D eigenvalue weighted by Crippen LogP contribution is -2.33. The summed E-state index contributed by atoms with van der Waals surface area (Å²) in [7, 11) is 0. The Labute approximate surface area is 100 Å². The molecular formula is C12H14ClNO2. The third-order valence-electron chi connectivity index (χ3n) is 3.56. The molecule has 4 heteroatoms. The van der Waals surface area contributed by atoms with Crippen molar-refractivity contribution in [2.75, 3.05) is 6.54 Å². The lowest BCUT2D eigenvalue weighted by Gasteiger charge is -2.26. The van der Waals surface area contributed by atoms with Crippen molar-refractivity contribution in [2.24, 2.45) is 0 Å². The summed E-state index contributed by atoms with van der Waals surface area (Å²) in [6.07, 6.45) is 2.38. The minimum atomic E-state index is -0.827. The Morgan fingerprint density at radius 1 is 1.38 bits per heavy atom. The van der Waals surface area contributed by atoms with Crippen molar-refractivity contribution in [3.8, 4) is 0 Å². The van der Waals surface area contributed by atoms with Crippen molar-refractivity contribution >= 4 is 18.4 Å². The molecule has 1 aromatic carbocycles. The molecule has 0 atom stereocenters. The van der Waals surface area contributed by atoms with Gasteiger partial charge in [0.25, 0.3) is 0 Å². The van der Waals surface area contributed by atoms with Gasteiger partial charge in [-0.3, -0.25) is 0 Å². The topological polar surface area (TPSA) is 49.3 Å². The van der Waals surface area contributed by atoms with E-state index in [-0.39, 0.29) is 17.8 Å². The first-order chi connectivity index (χ1) is 7.21. The largest absolute Gasteiger partial charge is 0.478 e. The number of halogens is 1. The molecule has 0 saturated heterocycles. The van der Waals surface area contributed by atoms with Gasteiger partial charge in [-0.05, 0) is 36.1 Å². The van der Waals surface area contributed by atoms with E-state index in [2.05, 4.69) is 5.32 Å². The molecule has 1 saturated carbocycles. The van der Waals surface area contributed by atoms with Crippen LogP contribution in [0, 0.1) is 0 Å². The summed E-state index contributed by atoms with van der Waals surface area (Å²) in [5.41, 5.74) is 3.21. The average Bonchev–Trinajstić information content (AvgIpc) is 2.99. The van der Waals surface area contributed by atoms with E-state index in [1.54, 1.807) is 6.07 Å². The maximum Gasteiger partial charge on any atom is 0.335 e. The van der Waals surface area contributed by atoms with E-state index in [9.17, 15) is 4.79 Å². The first-order valence-electron chi connectivity index (χ1n) is 5.29. The Morgan fingerprint density at radius 3 is 2.75 bits per heavy atom. The molecule has 1 fully saturated rings. The second kappa shape index (κ2) is 3.75. The van der Waals surface area contributed by atoms with Gasteiger partial charge < -0.3 is 10.4 Å². The normalized spacial score (nSPS) is 19.8. The van der Waals surface area contributed by atoms with E-state index in [0.29, 0.717) is 5.56 Å². The number of benzene rings is 1. The highest BCUT2D eigenvalue weighted by atomic mass is 35.5. The summed E-state index contributed by atoms with van der Waals surface area (Å²) in [5.74, 6) is -0.827. The van der Waals surface area contributed by atoms with Crippen molar-refractivity contribution in [1.82, 2.24) is 5.32 Å². The number of carbonyl (C=O) groups is 1. The van der Waals surface area contributed by atoms with E-state index in [1.165, 1.54) is 24.0 Å². The number of aromatic carboxylic acids is 1. The Balaban J connectivity index is 0.000000963. The number of rotatable bonds is 1. The lowest BCUT2D eigenvalue weighted by atomic mass is 9.87. The smallest absolute Gasteiger partial charge is 0.335 e. The summed E-state index contributed by atoms with van der Waals surface area (Å²) in [4.78, 5) is 10.9. The summed E-state index contributed by atoms with van der Waals surface area (Å²) < 4.78 is 0. The van der Waals surface area contributed by atoms with Crippen LogP contribution in [0.5, 0.6) is 0 Å². The molecule has 0 amide bonds. The van der Waals surface area contributed by atoms with Crippen LogP contribution < -0.4 is 5.32 Å². The zero-order chi connectivity index (χ0) is 10.5. The molecule has 86 valence electrons. The summed E-state index contributed by atoms with van der Waals surface area (Å²) in [6.45, 7) is 1.88. The van der Waals surface area contributed by atoms with Gasteiger partial charge in [0, 0.05) is 18.5 Å². The monoisotopic (exact) mass is 239 g/mol. The molecule has 2 aliphatic rings.